The topological polar surface area (TPSA) is 100 Å². The highest BCUT2D eigenvalue weighted by molar-refractivity contribution is 5.95. The van der Waals surface area contributed by atoms with Crippen LogP contribution < -0.4 is 0 Å². The molecule has 0 radical (unpaired) electrons. The number of hydrogen-bond donors (Lipinski definition) is 0. The van der Waals surface area contributed by atoms with E-state index < -0.39 is 23.1 Å². The molecule has 6 heteroatoms. The summed E-state index contributed by atoms with van der Waals surface area (Å²) in [6.07, 6.45) is 1.84. The van der Waals surface area contributed by atoms with Crippen LogP contribution in [0.1, 0.15) is 70.4 Å². The quantitative estimate of drug-likeness (QED) is 0.610. The molecule has 0 unspecified atom stereocenters. The smallest absolute Gasteiger partial charge is 0.349 e. The molecule has 0 amide bonds. The van der Waals surface area contributed by atoms with Gasteiger partial charge in [-0.05, 0) is 70.1 Å². The van der Waals surface area contributed by atoms with Gasteiger partial charge in [0, 0.05) is 12.8 Å². The first-order valence-corrected chi connectivity index (χ1v) is 10.7. The lowest BCUT2D eigenvalue weighted by Crippen LogP contribution is -2.35. The maximum atomic E-state index is 12.4. The third-order valence-electron chi connectivity index (χ3n) is 5.89. The summed E-state index contributed by atoms with van der Waals surface area (Å²) in [5.41, 5.74) is 2.35. The molecule has 0 N–H and O–H groups in total. The molecular formula is C26H28N2O4. The van der Waals surface area contributed by atoms with Gasteiger partial charge in [-0.25, -0.2) is 9.59 Å². The Morgan fingerprint density at radius 3 is 1.62 bits per heavy atom. The minimum Gasteiger partial charge on any atom is -0.455 e. The van der Waals surface area contributed by atoms with Crippen LogP contribution in [0.15, 0.2) is 46.6 Å². The highest BCUT2D eigenvalue weighted by Crippen LogP contribution is 2.41. The number of nitriles is 2. The van der Waals surface area contributed by atoms with Crippen LogP contribution in [0.3, 0.4) is 0 Å². The van der Waals surface area contributed by atoms with Gasteiger partial charge in [0.2, 0.25) is 0 Å². The van der Waals surface area contributed by atoms with Crippen LogP contribution in [0.2, 0.25) is 0 Å². The van der Waals surface area contributed by atoms with Crippen LogP contribution in [0.25, 0.3) is 0 Å². The molecule has 0 spiro atoms. The zero-order chi connectivity index (χ0) is 23.7. The van der Waals surface area contributed by atoms with E-state index in [1.807, 2.05) is 71.0 Å². The second-order valence-electron chi connectivity index (χ2n) is 9.85. The van der Waals surface area contributed by atoms with Crippen molar-refractivity contribution in [3.63, 3.8) is 0 Å². The van der Waals surface area contributed by atoms with Crippen LogP contribution in [0.4, 0.5) is 0 Å². The molecule has 1 aromatic rings. The second-order valence-corrected chi connectivity index (χ2v) is 9.85. The number of hydrogen-bond acceptors (Lipinski definition) is 6. The zero-order valence-electron chi connectivity index (χ0n) is 19.2. The minimum atomic E-state index is -0.696. The van der Waals surface area contributed by atoms with Gasteiger partial charge in [-0.2, -0.15) is 10.5 Å². The molecule has 0 saturated heterocycles. The fraction of sp³-hybridized carbons (Fsp3) is 0.462. The van der Waals surface area contributed by atoms with Crippen molar-refractivity contribution in [3.8, 4) is 12.1 Å². The van der Waals surface area contributed by atoms with Crippen molar-refractivity contribution in [2.45, 2.75) is 77.4 Å². The third-order valence-corrected chi connectivity index (χ3v) is 5.89. The molecule has 2 heterocycles. The molecule has 0 saturated carbocycles. The van der Waals surface area contributed by atoms with E-state index in [4.69, 9.17) is 9.47 Å². The molecule has 3 rings (SSSR count). The Hall–Kier alpha value is -3.38. The lowest BCUT2D eigenvalue weighted by molar-refractivity contribution is -0.153. The Morgan fingerprint density at radius 2 is 1.25 bits per heavy atom. The van der Waals surface area contributed by atoms with Gasteiger partial charge in [-0.1, -0.05) is 29.8 Å². The summed E-state index contributed by atoms with van der Waals surface area (Å²) in [5.74, 6) is -1.31. The molecule has 0 aliphatic carbocycles. The number of carbonyl (C=O) groups excluding carboxylic acids is 2. The standard InChI is InChI=1S/C26H28N2O4/c1-16-6-8-17(9-7-16)18(10-19-12-25(2,3)31-23(29)21(19)14-27)11-20-13-26(4,5)32-24(30)22(20)15-28/h6-9,18H,10-13H2,1-5H3. The number of rotatable bonds is 5. The summed E-state index contributed by atoms with van der Waals surface area (Å²) in [5, 5.41) is 19.2. The van der Waals surface area contributed by atoms with E-state index in [9.17, 15) is 20.1 Å². The van der Waals surface area contributed by atoms with Gasteiger partial charge in [0.05, 0.1) is 0 Å². The van der Waals surface area contributed by atoms with Gasteiger partial charge in [0.15, 0.2) is 0 Å². The average Bonchev–Trinajstić information content (AvgIpc) is 2.66. The molecule has 32 heavy (non-hydrogen) atoms. The zero-order valence-corrected chi connectivity index (χ0v) is 19.2. The molecule has 6 nitrogen and oxygen atoms in total. The molecule has 0 fully saturated rings. The summed E-state index contributed by atoms with van der Waals surface area (Å²) in [4.78, 5) is 24.8. The van der Waals surface area contributed by atoms with E-state index in [-0.39, 0.29) is 17.1 Å². The predicted molar refractivity (Wildman–Crippen MR) is 118 cm³/mol. The Bertz CT molecular complexity index is 1030. The number of nitrogens with zero attached hydrogens (tertiary/aromatic N) is 2. The van der Waals surface area contributed by atoms with Crippen LogP contribution >= 0.6 is 0 Å². The summed E-state index contributed by atoms with van der Waals surface area (Å²) < 4.78 is 10.8. The summed E-state index contributed by atoms with van der Waals surface area (Å²) in [6.45, 7) is 9.32. The average molecular weight is 433 g/mol. The molecule has 0 bridgehead atoms. The molecule has 166 valence electrons. The van der Waals surface area contributed by atoms with Crippen LogP contribution in [0.5, 0.6) is 0 Å². The Balaban J connectivity index is 2.05. The molecule has 2 aliphatic rings. The van der Waals surface area contributed by atoms with Crippen LogP contribution in [0, 0.1) is 29.6 Å². The monoisotopic (exact) mass is 432 g/mol. The number of carbonyl (C=O) groups is 2. The van der Waals surface area contributed by atoms with Crippen molar-refractivity contribution in [3.05, 3.63) is 57.7 Å². The molecule has 0 aromatic heterocycles. The van der Waals surface area contributed by atoms with Gasteiger partial charge < -0.3 is 9.47 Å². The van der Waals surface area contributed by atoms with Crippen molar-refractivity contribution in [1.29, 1.82) is 10.5 Å². The van der Waals surface area contributed by atoms with E-state index in [2.05, 4.69) is 0 Å². The Kier molecular flexibility index (Phi) is 6.28. The van der Waals surface area contributed by atoms with Crippen molar-refractivity contribution in [2.75, 3.05) is 0 Å². The van der Waals surface area contributed by atoms with E-state index >= 15 is 0 Å². The van der Waals surface area contributed by atoms with Gasteiger partial charge in [-0.3, -0.25) is 0 Å². The first-order valence-electron chi connectivity index (χ1n) is 10.7. The maximum absolute atomic E-state index is 12.4. The first kappa shape index (κ1) is 23.3. The van der Waals surface area contributed by atoms with Crippen molar-refractivity contribution in [2.24, 2.45) is 0 Å². The minimum absolute atomic E-state index is 0.0549. The highest BCUT2D eigenvalue weighted by atomic mass is 16.6. The summed E-state index contributed by atoms with van der Waals surface area (Å²) >= 11 is 0. The summed E-state index contributed by atoms with van der Waals surface area (Å²) in [6, 6.07) is 12.1. The van der Waals surface area contributed by atoms with Crippen LogP contribution in [-0.2, 0) is 19.1 Å². The van der Waals surface area contributed by atoms with Crippen LogP contribution in [-0.4, -0.2) is 23.1 Å². The van der Waals surface area contributed by atoms with Gasteiger partial charge >= 0.3 is 11.9 Å². The van der Waals surface area contributed by atoms with E-state index in [1.165, 1.54) is 0 Å². The maximum Gasteiger partial charge on any atom is 0.349 e. The van der Waals surface area contributed by atoms with Crippen molar-refractivity contribution >= 4 is 11.9 Å². The lowest BCUT2D eigenvalue weighted by Gasteiger charge is -2.34. The fourth-order valence-corrected chi connectivity index (χ4v) is 4.51. The fourth-order valence-electron chi connectivity index (χ4n) is 4.51. The normalized spacial score (nSPS) is 19.9. The van der Waals surface area contributed by atoms with Gasteiger partial charge in [0.1, 0.15) is 34.5 Å². The van der Waals surface area contributed by atoms with E-state index in [0.29, 0.717) is 25.7 Å². The largest absolute Gasteiger partial charge is 0.455 e. The van der Waals surface area contributed by atoms with Crippen molar-refractivity contribution in [1.82, 2.24) is 0 Å². The highest BCUT2D eigenvalue weighted by Gasteiger charge is 2.38. The Morgan fingerprint density at radius 1 is 0.844 bits per heavy atom. The van der Waals surface area contributed by atoms with Gasteiger partial charge in [-0.15, -0.1) is 0 Å². The first-order chi connectivity index (χ1) is 14.9. The SMILES string of the molecule is Cc1ccc(C(CC2=C(C#N)C(=O)OC(C)(C)C2)CC2=C(C#N)C(=O)OC(C)(C)C2)cc1. The molecule has 2 aliphatic heterocycles. The lowest BCUT2D eigenvalue weighted by atomic mass is 9.78. The van der Waals surface area contributed by atoms with E-state index in [1.54, 1.807) is 0 Å². The molecular weight excluding hydrogens is 404 g/mol. The number of cyclic esters (lactones) is 2. The number of benzene rings is 1. The molecule has 1 aromatic carbocycles. The number of ether oxygens (including phenoxy) is 2. The third kappa shape index (κ3) is 5.08. The van der Waals surface area contributed by atoms with Gasteiger partial charge in [0.25, 0.3) is 0 Å². The predicted octanol–water partition coefficient (Wildman–Crippen LogP) is 4.95. The second kappa shape index (κ2) is 8.63. The molecule has 0 atom stereocenters. The number of aryl methyl sites for hydroxylation is 1. The van der Waals surface area contributed by atoms with Crippen molar-refractivity contribution < 1.29 is 19.1 Å². The summed E-state index contributed by atoms with van der Waals surface area (Å²) in [7, 11) is 0. The number of esters is 2. The van der Waals surface area contributed by atoms with E-state index in [0.717, 1.165) is 22.3 Å². The Labute approximate surface area is 189 Å².